The molecule has 1 fully saturated rings. The SMILES string of the molecule is [B]OC(=O)[C@H](C)O/N=C(\C(=O)NC1C(=O)N2C(C(=O)[O-])=C(C[n+]3cccc4c3ccn4CC(N)=O)CSC12)c1nc(N)sc1Cl. The number of hydrogen-bond acceptors (Lipinski definition) is 13. The van der Waals surface area contributed by atoms with Crippen LogP contribution in [0.25, 0.3) is 11.0 Å². The summed E-state index contributed by atoms with van der Waals surface area (Å²) in [6.07, 6.45) is 2.11. The molecule has 232 valence electrons. The lowest BCUT2D eigenvalue weighted by molar-refractivity contribution is -0.663. The highest BCUT2D eigenvalue weighted by atomic mass is 35.5. The first kappa shape index (κ1) is 31.8. The van der Waals surface area contributed by atoms with Crippen molar-refractivity contribution in [2.24, 2.45) is 10.9 Å². The van der Waals surface area contributed by atoms with E-state index < -0.39 is 52.9 Å². The van der Waals surface area contributed by atoms with Crippen molar-refractivity contribution >= 4 is 94.3 Å². The fourth-order valence-electron chi connectivity index (χ4n) is 4.79. The number of hydrogen-bond donors (Lipinski definition) is 3. The second-order valence-corrected chi connectivity index (χ2v) is 12.5. The number of nitrogen functional groups attached to an aromatic ring is 1. The molecule has 2 aliphatic rings. The summed E-state index contributed by atoms with van der Waals surface area (Å²) in [4.78, 5) is 72.1. The molecule has 3 atom stereocenters. The molecule has 0 spiro atoms. The van der Waals surface area contributed by atoms with Crippen molar-refractivity contribution < 1.29 is 43.1 Å². The molecule has 0 aromatic carbocycles. The number of nitrogens with two attached hydrogens (primary N) is 2. The Bertz CT molecular complexity index is 1810. The highest BCUT2D eigenvalue weighted by Gasteiger charge is 2.53. The van der Waals surface area contributed by atoms with Crippen LogP contribution < -0.4 is 26.5 Å². The predicted octanol–water partition coefficient (Wildman–Crippen LogP) is -2.05. The molecule has 20 heteroatoms. The fourth-order valence-corrected chi connectivity index (χ4v) is 7.06. The number of thioether (sulfide) groups is 1. The lowest BCUT2D eigenvalue weighted by Crippen LogP contribution is -2.71. The molecule has 16 nitrogen and oxygen atoms in total. The number of aliphatic carboxylic acids is 1. The van der Waals surface area contributed by atoms with Crippen molar-refractivity contribution in [2.45, 2.75) is 37.5 Å². The summed E-state index contributed by atoms with van der Waals surface area (Å²) in [7, 11) is 4.86. The molecule has 3 amide bonds. The van der Waals surface area contributed by atoms with Crippen LogP contribution in [0.3, 0.4) is 0 Å². The van der Waals surface area contributed by atoms with Gasteiger partial charge in [-0.1, -0.05) is 28.1 Å². The van der Waals surface area contributed by atoms with Crippen LogP contribution in [0.15, 0.2) is 47.0 Å². The number of primary amides is 1. The van der Waals surface area contributed by atoms with Crippen molar-refractivity contribution in [1.82, 2.24) is 19.8 Å². The van der Waals surface area contributed by atoms with Gasteiger partial charge in [0.05, 0.1) is 11.7 Å². The highest BCUT2D eigenvalue weighted by Crippen LogP contribution is 2.40. The van der Waals surface area contributed by atoms with Gasteiger partial charge in [-0.15, -0.1) is 11.8 Å². The molecule has 3 aromatic rings. The summed E-state index contributed by atoms with van der Waals surface area (Å²) < 4.78 is 7.52. The van der Waals surface area contributed by atoms with Crippen molar-refractivity contribution in [3.63, 3.8) is 0 Å². The standard InChI is InChI=1S/C25H22BClN8O8S2/c1-10(24(41)42-26)43-32-16(15-19(27)45-25(29)31-15)20(37)30-17-21(38)35-18(23(39)40)11(9-44-22(17)35)7-33-5-2-3-12-13(33)4-6-34(12)8-14(28)36/h2-6,10,17,22H,7-9H2,1H3,(H5-,28,29,30,31,36,37,39,40)/b32-16-/t10-,17?,22?/m0/s1. The van der Waals surface area contributed by atoms with E-state index in [9.17, 15) is 29.1 Å². The summed E-state index contributed by atoms with van der Waals surface area (Å²) >= 11 is 8.25. The van der Waals surface area contributed by atoms with Gasteiger partial charge in [0.2, 0.25) is 17.5 Å². The highest BCUT2D eigenvalue weighted by molar-refractivity contribution is 8.00. The number of oxime groups is 1. The minimum atomic E-state index is -1.56. The molecule has 2 radical (unpaired) electrons. The first-order valence-electron chi connectivity index (χ1n) is 12.9. The van der Waals surface area contributed by atoms with E-state index in [1.165, 1.54) is 18.7 Å². The number of anilines is 1. The van der Waals surface area contributed by atoms with Gasteiger partial charge in [0.15, 0.2) is 23.6 Å². The molecule has 1 saturated heterocycles. The number of thiazole rings is 1. The van der Waals surface area contributed by atoms with Crippen molar-refractivity contribution in [3.05, 3.63) is 51.9 Å². The van der Waals surface area contributed by atoms with Gasteiger partial charge in [-0.2, -0.15) is 4.57 Å². The molecule has 0 bridgehead atoms. The lowest BCUT2D eigenvalue weighted by atomic mass is 10.0. The van der Waals surface area contributed by atoms with Crippen LogP contribution in [0, 0.1) is 0 Å². The molecule has 5 N–H and O–H groups in total. The van der Waals surface area contributed by atoms with Crippen LogP contribution in [0.5, 0.6) is 0 Å². The average Bonchev–Trinajstić information content (AvgIpc) is 3.56. The third-order valence-electron chi connectivity index (χ3n) is 6.82. The number of carboxylic acid groups (broad SMARTS) is 1. The predicted molar refractivity (Wildman–Crippen MR) is 159 cm³/mol. The van der Waals surface area contributed by atoms with Gasteiger partial charge in [0.25, 0.3) is 11.8 Å². The second-order valence-electron chi connectivity index (χ2n) is 9.72. The Labute approximate surface area is 268 Å². The Morgan fingerprint density at radius 2 is 2.11 bits per heavy atom. The second kappa shape index (κ2) is 12.8. The molecule has 5 heterocycles. The lowest BCUT2D eigenvalue weighted by Gasteiger charge is -2.50. The van der Waals surface area contributed by atoms with Gasteiger partial charge in [-0.25, -0.2) is 9.78 Å². The fraction of sp³-hybridized carbons (Fsp3) is 0.280. The molecule has 2 aliphatic heterocycles. The molecule has 3 aromatic heterocycles. The maximum atomic E-state index is 13.3. The zero-order valence-electron chi connectivity index (χ0n) is 23.2. The number of aromatic nitrogens is 3. The summed E-state index contributed by atoms with van der Waals surface area (Å²) in [5, 5.41) is 17.8. The van der Waals surface area contributed by atoms with E-state index in [0.29, 0.717) is 16.6 Å². The normalized spacial score (nSPS) is 18.7. The summed E-state index contributed by atoms with van der Waals surface area (Å²) in [6.45, 7) is 1.33. The number of β-lactam (4-membered cyclic amide) rings is 1. The van der Waals surface area contributed by atoms with Crippen LogP contribution in [0.1, 0.15) is 12.6 Å². The van der Waals surface area contributed by atoms with Crippen LogP contribution in [-0.4, -0.2) is 81.1 Å². The number of nitrogens with one attached hydrogen (secondary N) is 1. The van der Waals surface area contributed by atoms with Crippen molar-refractivity contribution in [2.75, 3.05) is 11.5 Å². The topological polar surface area (TPSA) is 228 Å². The van der Waals surface area contributed by atoms with E-state index in [1.54, 1.807) is 39.7 Å². The Hall–Kier alpha value is -4.62. The number of halogens is 1. The minimum absolute atomic E-state index is 0.00733. The smallest absolute Gasteiger partial charge is 0.378 e. The largest absolute Gasteiger partial charge is 0.543 e. The summed E-state index contributed by atoms with van der Waals surface area (Å²) in [5.74, 6) is -4.55. The van der Waals surface area contributed by atoms with Crippen LogP contribution in [-0.2, 0) is 46.6 Å². The molecule has 0 aliphatic carbocycles. The van der Waals surface area contributed by atoms with Crippen LogP contribution in [0.2, 0.25) is 4.34 Å². The molecule has 5 rings (SSSR count). The minimum Gasteiger partial charge on any atom is -0.543 e. The Kier molecular flexibility index (Phi) is 9.03. The van der Waals surface area contributed by atoms with E-state index in [4.69, 9.17) is 36.0 Å². The number of amides is 3. The molecular weight excluding hydrogens is 651 g/mol. The van der Waals surface area contributed by atoms with E-state index >= 15 is 0 Å². The zero-order valence-corrected chi connectivity index (χ0v) is 25.6. The van der Waals surface area contributed by atoms with Gasteiger partial charge in [0, 0.05) is 29.7 Å². The molecule has 45 heavy (non-hydrogen) atoms. The monoisotopic (exact) mass is 672 g/mol. The Balaban J connectivity index is 1.38. The van der Waals surface area contributed by atoms with Crippen LogP contribution in [0.4, 0.5) is 5.13 Å². The first-order valence-corrected chi connectivity index (χ1v) is 15.2. The molecular formula is C25H22BClN8O8S2. The van der Waals surface area contributed by atoms with Gasteiger partial charge in [0.1, 0.15) is 33.5 Å². The van der Waals surface area contributed by atoms with Crippen molar-refractivity contribution in [3.8, 4) is 0 Å². The zero-order chi connectivity index (χ0) is 32.6. The number of nitrogens with zero attached hydrogens (tertiary/aromatic N) is 5. The Morgan fingerprint density at radius 1 is 1.36 bits per heavy atom. The van der Waals surface area contributed by atoms with E-state index in [1.807, 2.05) is 0 Å². The van der Waals surface area contributed by atoms with Crippen molar-refractivity contribution in [1.29, 1.82) is 0 Å². The van der Waals surface area contributed by atoms with Crippen LogP contribution >= 0.6 is 34.7 Å². The van der Waals surface area contributed by atoms with Gasteiger partial charge >= 0.3 is 14.0 Å². The maximum absolute atomic E-state index is 13.3. The van der Waals surface area contributed by atoms with Gasteiger partial charge in [-0.3, -0.25) is 19.3 Å². The maximum Gasteiger partial charge on any atom is 0.378 e. The van der Waals surface area contributed by atoms with Gasteiger partial charge in [-0.05, 0) is 13.0 Å². The van der Waals surface area contributed by atoms with Gasteiger partial charge < -0.3 is 40.7 Å². The quantitative estimate of drug-likeness (QED) is 0.0660. The average molecular weight is 673 g/mol. The number of carboxylic acids is 1. The summed E-state index contributed by atoms with van der Waals surface area (Å²) in [6, 6.07) is 4.13. The first-order chi connectivity index (χ1) is 21.4. The summed E-state index contributed by atoms with van der Waals surface area (Å²) in [5.41, 5.74) is 11.9. The number of rotatable bonds is 11. The third-order valence-corrected chi connectivity index (χ3v) is 9.24. The molecule has 2 unspecified atom stereocenters. The number of carbonyl (C=O) groups excluding carboxylic acids is 5. The van der Waals surface area contributed by atoms with E-state index in [-0.39, 0.29) is 39.7 Å². The van der Waals surface area contributed by atoms with E-state index in [0.717, 1.165) is 16.2 Å². The molecule has 0 saturated carbocycles. The number of carbonyl (C=O) groups is 5. The third kappa shape index (κ3) is 6.18. The van der Waals surface area contributed by atoms with E-state index in [2.05, 4.69) is 20.1 Å². The number of pyridine rings is 1. The number of fused-ring (bicyclic) bond motifs is 2. The Morgan fingerprint density at radius 3 is 2.76 bits per heavy atom.